The molecule has 1 fully saturated rings. The van der Waals surface area contributed by atoms with Gasteiger partial charge in [-0.25, -0.2) is 0 Å². The van der Waals surface area contributed by atoms with E-state index in [2.05, 4.69) is 22.1 Å². The number of aromatic nitrogens is 1. The predicted molar refractivity (Wildman–Crippen MR) is 288 cm³/mol. The van der Waals surface area contributed by atoms with Crippen LogP contribution in [0.5, 0.6) is 0 Å². The molecule has 16 nitrogen and oxygen atoms in total. The highest BCUT2D eigenvalue weighted by atomic mass is 16.5. The number of hydrogen-bond acceptors (Lipinski definition) is 11. The van der Waals surface area contributed by atoms with E-state index in [0.29, 0.717) is 51.7 Å². The Kier molecular flexibility index (Phi) is 24.8. The molecule has 1 saturated heterocycles. The zero-order valence-electron chi connectivity index (χ0n) is 46.5. The Morgan fingerprint density at radius 3 is 2.14 bits per heavy atom. The number of nitrogens with one attached hydrogen (secondary N) is 2. The fourth-order valence-electron chi connectivity index (χ4n) is 11.5. The third-order valence-corrected chi connectivity index (χ3v) is 16.1. The summed E-state index contributed by atoms with van der Waals surface area (Å²) in [6.45, 7) is 15.4. The number of carbonyl (C=O) groups is 8. The summed E-state index contributed by atoms with van der Waals surface area (Å²) < 4.78 is 12.2. The molecule has 2 aromatic rings. The lowest BCUT2D eigenvalue weighted by Gasteiger charge is -2.41. The Morgan fingerprint density at radius 1 is 0.851 bits per heavy atom. The van der Waals surface area contributed by atoms with Crippen LogP contribution in [0.25, 0.3) is 10.9 Å². The van der Waals surface area contributed by atoms with E-state index in [9.17, 15) is 38.4 Å². The monoisotopic (exact) mass is 1030 g/mol. The highest BCUT2D eigenvalue weighted by Crippen LogP contribution is 2.32. The number of likely N-dealkylation sites (tertiary alicyclic amines) is 1. The van der Waals surface area contributed by atoms with Gasteiger partial charge in [0.05, 0.1) is 42.7 Å². The second-order valence-electron chi connectivity index (χ2n) is 22.0. The van der Waals surface area contributed by atoms with Crippen molar-refractivity contribution < 1.29 is 47.8 Å². The van der Waals surface area contributed by atoms with Gasteiger partial charge >= 0.3 is 0 Å². The number of nitrogens with zero attached hydrogens (tertiary/aromatic N) is 3. The lowest BCUT2D eigenvalue weighted by molar-refractivity contribution is -0.149. The van der Waals surface area contributed by atoms with Gasteiger partial charge in [0.15, 0.2) is 17.3 Å². The maximum absolute atomic E-state index is 14.7. The van der Waals surface area contributed by atoms with Crippen LogP contribution in [-0.4, -0.2) is 145 Å². The molecule has 0 unspecified atom stereocenters. The molecule has 4 rings (SSSR count). The molecule has 1 aliphatic carbocycles. The molecule has 412 valence electrons. The summed E-state index contributed by atoms with van der Waals surface area (Å²) in [7, 11) is 6.85. The number of para-hydroxylation sites is 1. The van der Waals surface area contributed by atoms with Crippen molar-refractivity contribution in [3.63, 3.8) is 0 Å². The molecule has 4 N–H and O–H groups in total. The topological polar surface area (TPSA) is 219 Å². The first-order valence-corrected chi connectivity index (χ1v) is 27.4. The number of nitrogens with two attached hydrogens (primary N) is 1. The number of likely N-dealkylation sites (N-methyl/N-ethyl adjacent to an activating group) is 2. The van der Waals surface area contributed by atoms with E-state index in [1.54, 1.807) is 38.0 Å². The summed E-state index contributed by atoms with van der Waals surface area (Å²) in [5, 5.41) is 3.80. The highest BCUT2D eigenvalue weighted by Gasteiger charge is 2.44. The van der Waals surface area contributed by atoms with E-state index in [1.165, 1.54) is 12.2 Å². The Morgan fingerprint density at radius 2 is 1.51 bits per heavy atom. The number of ether oxygens (including phenoxy) is 2. The van der Waals surface area contributed by atoms with Crippen LogP contribution in [0.15, 0.2) is 42.6 Å². The lowest BCUT2D eigenvalue weighted by atomic mass is 9.83. The van der Waals surface area contributed by atoms with Crippen LogP contribution in [0.2, 0.25) is 0 Å². The number of amides is 4. The maximum Gasteiger partial charge on any atom is 0.226 e. The Labute approximate surface area is 441 Å². The molecule has 2 aliphatic rings. The van der Waals surface area contributed by atoms with Gasteiger partial charge in [0.25, 0.3) is 0 Å². The van der Waals surface area contributed by atoms with E-state index in [4.69, 9.17) is 15.2 Å². The fourth-order valence-corrected chi connectivity index (χ4v) is 11.5. The zero-order chi connectivity index (χ0) is 54.8. The van der Waals surface area contributed by atoms with Crippen LogP contribution >= 0.6 is 0 Å². The van der Waals surface area contributed by atoms with Crippen molar-refractivity contribution in [2.24, 2.45) is 47.2 Å². The zero-order valence-corrected chi connectivity index (χ0v) is 46.5. The summed E-state index contributed by atoms with van der Waals surface area (Å²) in [6.07, 6.45) is 10.7. The minimum absolute atomic E-state index is 0.000294. The van der Waals surface area contributed by atoms with E-state index < -0.39 is 47.8 Å². The largest absolute Gasteiger partial charge is 0.379 e. The van der Waals surface area contributed by atoms with Gasteiger partial charge < -0.3 is 35.3 Å². The number of Topliss-reactive ketones (excluding diaryl/α,β-unsaturated/α-hetero) is 2. The van der Waals surface area contributed by atoms with Crippen LogP contribution in [0.1, 0.15) is 138 Å². The number of primary amides is 1. The number of unbranched alkanes of at least 4 members (excludes halogenated alkanes) is 4. The number of rotatable bonds is 34. The molecule has 74 heavy (non-hydrogen) atoms. The Balaban J connectivity index is 1.33. The van der Waals surface area contributed by atoms with Crippen molar-refractivity contribution in [2.75, 3.05) is 47.9 Å². The smallest absolute Gasteiger partial charge is 0.226 e. The number of allylic oxidation sites excluding steroid dienone is 2. The number of carbonyl (C=O) groups excluding carboxylic acids is 8. The molecule has 2 heterocycles. The molecule has 0 saturated carbocycles. The van der Waals surface area contributed by atoms with E-state index >= 15 is 0 Å². The van der Waals surface area contributed by atoms with Gasteiger partial charge in [-0.3, -0.25) is 43.3 Å². The Hall–Kier alpha value is -5.06. The van der Waals surface area contributed by atoms with Crippen LogP contribution in [0.3, 0.4) is 0 Å². The number of aromatic amines is 1. The molecule has 0 bridgehead atoms. The molecule has 1 aromatic carbocycles. The first kappa shape index (κ1) is 61.5. The third kappa shape index (κ3) is 16.7. The van der Waals surface area contributed by atoms with Crippen molar-refractivity contribution >= 4 is 57.7 Å². The van der Waals surface area contributed by atoms with E-state index in [-0.39, 0.29) is 90.0 Å². The van der Waals surface area contributed by atoms with E-state index in [0.717, 1.165) is 55.0 Å². The van der Waals surface area contributed by atoms with Crippen molar-refractivity contribution in [3.8, 4) is 0 Å². The van der Waals surface area contributed by atoms with Crippen molar-refractivity contribution in [1.29, 1.82) is 0 Å². The molecule has 1 aliphatic heterocycles. The SMILES string of the molecule is CC[C@H](C)[C@@H]([C@@H](CC(=O)N1CCC[C@H]1[C@H](OC)[C@@H](C)C(=O)C[C@@H](Cc1c[nH]c2ccccc12)C(N)=O)OC)N(C)C(=O)[C@@H](CC(=O)[C@H](C(C)C)N(C)CCCCCCCC(=O)NCCC1C(=O)C=CC1=O)C(C)C. The minimum atomic E-state index is -0.718. The van der Waals surface area contributed by atoms with Gasteiger partial charge in [-0.05, 0) is 93.7 Å². The van der Waals surface area contributed by atoms with Crippen LogP contribution in [0.4, 0.5) is 0 Å². The second kappa shape index (κ2) is 29.9. The fraction of sp³-hybridized carbons (Fsp3) is 0.690. The Bertz CT molecular complexity index is 2220. The van der Waals surface area contributed by atoms with Gasteiger partial charge in [0, 0.05) is 88.5 Å². The summed E-state index contributed by atoms with van der Waals surface area (Å²) in [6, 6.07) is 6.54. The maximum atomic E-state index is 14.7. The number of H-pyrrole nitrogens is 1. The average molecular weight is 1030 g/mol. The molecular formula is C58H90N6O10. The van der Waals surface area contributed by atoms with Gasteiger partial charge in [-0.15, -0.1) is 0 Å². The molecule has 1 aromatic heterocycles. The van der Waals surface area contributed by atoms with E-state index in [1.807, 2.05) is 72.1 Å². The first-order valence-electron chi connectivity index (χ1n) is 27.4. The number of hydrogen-bond donors (Lipinski definition) is 3. The van der Waals surface area contributed by atoms with Crippen molar-refractivity contribution in [3.05, 3.63) is 48.2 Å². The van der Waals surface area contributed by atoms with Crippen molar-refractivity contribution in [2.45, 2.75) is 169 Å². The van der Waals surface area contributed by atoms with Crippen LogP contribution < -0.4 is 11.1 Å². The van der Waals surface area contributed by atoms with Gasteiger partial charge in [0.1, 0.15) is 5.78 Å². The lowest BCUT2D eigenvalue weighted by Crippen LogP contribution is -2.54. The number of benzene rings is 1. The molecule has 0 radical (unpaired) electrons. The molecule has 9 atom stereocenters. The summed E-state index contributed by atoms with van der Waals surface area (Å²) in [5.74, 6) is -4.28. The number of methoxy groups -OCH3 is 2. The summed E-state index contributed by atoms with van der Waals surface area (Å²) in [4.78, 5) is 115. The summed E-state index contributed by atoms with van der Waals surface area (Å²) >= 11 is 0. The van der Waals surface area contributed by atoms with Crippen LogP contribution in [-0.2, 0) is 54.3 Å². The summed E-state index contributed by atoms with van der Waals surface area (Å²) in [5.41, 5.74) is 7.73. The number of fused-ring (bicyclic) bond motifs is 1. The standard InChI is InChI=1S/C58H90N6O10/c1-12-38(6)55(51(73-10)34-53(70)64-30-20-23-46(64)56(74-11)39(7)49(67)32-40(57(59)71)31-41-35-61-45-22-18-17-21-42(41)45)63(9)58(72)44(36(2)3)33-50(68)54(37(4)5)62(8)29-19-15-13-14-16-24-52(69)60-28-27-43-47(65)25-26-48(43)66/h17-18,21-22,25-26,35-40,43-44,46,51,54-56,61H,12-16,19-20,23-24,27-34H2,1-11H3,(H2,59,71)(H,60,69)/t38-,39-,40+,44-,46-,51+,54-,55-,56+/m0/s1. The van der Waals surface area contributed by atoms with Gasteiger partial charge in [-0.1, -0.05) is 92.3 Å². The minimum Gasteiger partial charge on any atom is -0.379 e. The normalized spacial score (nSPS) is 18.5. The molecule has 0 spiro atoms. The number of ketones is 4. The average Bonchev–Trinajstić information content (AvgIpc) is 4.10. The third-order valence-electron chi connectivity index (χ3n) is 16.1. The highest BCUT2D eigenvalue weighted by molar-refractivity contribution is 6.18. The van der Waals surface area contributed by atoms with Crippen molar-refractivity contribution in [1.82, 2.24) is 25.0 Å². The van der Waals surface area contributed by atoms with Crippen LogP contribution in [0, 0.1) is 41.4 Å². The molecular weight excluding hydrogens is 941 g/mol. The van der Waals surface area contributed by atoms with Gasteiger partial charge in [0.2, 0.25) is 23.6 Å². The predicted octanol–water partition coefficient (Wildman–Crippen LogP) is 7.05. The van der Waals surface area contributed by atoms with Gasteiger partial charge in [-0.2, -0.15) is 0 Å². The molecule has 16 heteroatoms. The first-order chi connectivity index (χ1) is 35.2. The quantitative estimate of drug-likeness (QED) is 0.0477. The molecule has 4 amide bonds. The second-order valence-corrected chi connectivity index (χ2v) is 22.0.